The van der Waals surface area contributed by atoms with E-state index in [2.05, 4.69) is 15.1 Å². The van der Waals surface area contributed by atoms with Gasteiger partial charge in [-0.2, -0.15) is 0 Å². The Hall–Kier alpha value is -2.26. The Balaban J connectivity index is 1.31. The number of likely N-dealkylation sites (tertiary alicyclic amines) is 3. The van der Waals surface area contributed by atoms with Crippen molar-refractivity contribution in [2.75, 3.05) is 39.3 Å². The van der Waals surface area contributed by atoms with Crippen molar-refractivity contribution in [3.8, 4) is 0 Å². The molecule has 2 aromatic rings. The van der Waals surface area contributed by atoms with Crippen molar-refractivity contribution < 1.29 is 14.0 Å². The molecule has 2 amide bonds. The van der Waals surface area contributed by atoms with Crippen LogP contribution in [0.3, 0.4) is 0 Å². The van der Waals surface area contributed by atoms with Crippen molar-refractivity contribution in [2.24, 2.45) is 5.41 Å². The minimum atomic E-state index is -0.0453. The number of amides is 2. The average Bonchev–Trinajstić information content (AvgIpc) is 3.61. The molecule has 1 spiro atoms. The molecule has 3 aliphatic rings. The van der Waals surface area contributed by atoms with Gasteiger partial charge in [0.2, 0.25) is 17.7 Å². The summed E-state index contributed by atoms with van der Waals surface area (Å²) < 4.78 is 6.06. The fourth-order valence-corrected chi connectivity index (χ4v) is 6.20. The van der Waals surface area contributed by atoms with E-state index < -0.39 is 0 Å². The Morgan fingerprint density at radius 2 is 1.91 bits per heavy atom. The van der Waals surface area contributed by atoms with Crippen LogP contribution in [-0.4, -0.2) is 76.0 Å². The summed E-state index contributed by atoms with van der Waals surface area (Å²) in [5, 5.41) is 10.6. The van der Waals surface area contributed by atoms with Gasteiger partial charge in [0.25, 0.3) is 5.91 Å². The number of piperidine rings is 1. The maximum absolute atomic E-state index is 13.0. The zero-order valence-electron chi connectivity index (χ0n) is 19.5. The van der Waals surface area contributed by atoms with Gasteiger partial charge in [-0.15, -0.1) is 21.5 Å². The summed E-state index contributed by atoms with van der Waals surface area (Å²) in [5.41, 5.74) is 0.0641. The quantitative estimate of drug-likeness (QED) is 0.663. The SMILES string of the molecule is CC(C)c1nnc(C2CC3(CCN(C(=O)c4cccs4)CC3)CN2CC(=O)N2CCCC2)o1. The van der Waals surface area contributed by atoms with E-state index in [4.69, 9.17) is 4.42 Å². The number of aromatic nitrogens is 2. The standard InChI is InChI=1S/C24H33N5O3S/c1-17(2)21-25-26-22(32-21)18-14-24(16-29(18)15-20(30)27-9-3-4-10-27)7-11-28(12-8-24)23(31)19-6-5-13-33-19/h5-6,13,17-18H,3-4,7-12,14-16H2,1-2H3. The first-order chi connectivity index (χ1) is 15.9. The number of carbonyl (C=O) groups excluding carboxylic acids is 2. The van der Waals surface area contributed by atoms with Crippen LogP contribution in [0.25, 0.3) is 0 Å². The number of thiophene rings is 1. The fraction of sp³-hybridized carbons (Fsp3) is 0.667. The monoisotopic (exact) mass is 471 g/mol. The Morgan fingerprint density at radius 3 is 2.55 bits per heavy atom. The Morgan fingerprint density at radius 1 is 1.15 bits per heavy atom. The number of carbonyl (C=O) groups is 2. The third-order valence-electron chi connectivity index (χ3n) is 7.48. The van der Waals surface area contributed by atoms with Crippen LogP contribution >= 0.6 is 11.3 Å². The fourth-order valence-electron chi connectivity index (χ4n) is 5.51. The number of rotatable bonds is 5. The highest BCUT2D eigenvalue weighted by Gasteiger charge is 2.49. The smallest absolute Gasteiger partial charge is 0.263 e. The average molecular weight is 472 g/mol. The number of hydrogen-bond acceptors (Lipinski definition) is 7. The third kappa shape index (κ3) is 4.57. The Bertz CT molecular complexity index is 974. The van der Waals surface area contributed by atoms with Crippen molar-refractivity contribution in [1.29, 1.82) is 0 Å². The molecule has 0 radical (unpaired) electrons. The van der Waals surface area contributed by atoms with Crippen LogP contribution < -0.4 is 0 Å². The van der Waals surface area contributed by atoms with Gasteiger partial charge in [-0.25, -0.2) is 0 Å². The highest BCUT2D eigenvalue weighted by molar-refractivity contribution is 7.12. The van der Waals surface area contributed by atoms with E-state index in [0.717, 1.165) is 69.7 Å². The molecule has 33 heavy (non-hydrogen) atoms. The van der Waals surface area contributed by atoms with Gasteiger partial charge in [-0.05, 0) is 49.0 Å². The largest absolute Gasteiger partial charge is 0.423 e. The minimum Gasteiger partial charge on any atom is -0.423 e. The molecule has 0 N–H and O–H groups in total. The van der Waals surface area contributed by atoms with Gasteiger partial charge in [-0.1, -0.05) is 19.9 Å². The van der Waals surface area contributed by atoms with E-state index in [0.29, 0.717) is 18.3 Å². The predicted octanol–water partition coefficient (Wildman–Crippen LogP) is 3.55. The zero-order chi connectivity index (χ0) is 23.0. The highest BCUT2D eigenvalue weighted by Crippen LogP contribution is 2.49. The van der Waals surface area contributed by atoms with Crippen molar-refractivity contribution in [1.82, 2.24) is 24.9 Å². The lowest BCUT2D eigenvalue weighted by Crippen LogP contribution is -2.45. The third-order valence-corrected chi connectivity index (χ3v) is 8.34. The maximum Gasteiger partial charge on any atom is 0.263 e. The van der Waals surface area contributed by atoms with Crippen LogP contribution in [0.1, 0.15) is 79.4 Å². The lowest BCUT2D eigenvalue weighted by molar-refractivity contribution is -0.131. The van der Waals surface area contributed by atoms with Gasteiger partial charge in [0, 0.05) is 38.6 Å². The molecule has 178 valence electrons. The topological polar surface area (TPSA) is 82.8 Å². The minimum absolute atomic E-state index is 0.0453. The first kappa shape index (κ1) is 22.5. The summed E-state index contributed by atoms with van der Waals surface area (Å²) in [4.78, 5) is 32.8. The molecule has 3 aliphatic heterocycles. The number of nitrogens with zero attached hydrogens (tertiary/aromatic N) is 5. The first-order valence-electron chi connectivity index (χ1n) is 12.1. The van der Waals surface area contributed by atoms with E-state index in [1.807, 2.05) is 41.2 Å². The van der Waals surface area contributed by atoms with E-state index in [-0.39, 0.29) is 29.2 Å². The molecule has 3 fully saturated rings. The summed E-state index contributed by atoms with van der Waals surface area (Å²) in [5.74, 6) is 1.78. The highest BCUT2D eigenvalue weighted by atomic mass is 32.1. The molecule has 2 aromatic heterocycles. The second-order valence-corrected chi connectivity index (χ2v) is 11.1. The van der Waals surface area contributed by atoms with Gasteiger partial charge in [-0.3, -0.25) is 14.5 Å². The summed E-state index contributed by atoms with van der Waals surface area (Å²) in [6, 6.07) is 3.78. The molecule has 3 saturated heterocycles. The van der Waals surface area contributed by atoms with Crippen molar-refractivity contribution >= 4 is 23.2 Å². The molecule has 0 bridgehead atoms. The zero-order valence-corrected chi connectivity index (χ0v) is 20.4. The van der Waals surface area contributed by atoms with Crippen LogP contribution in [0, 0.1) is 5.41 Å². The van der Waals surface area contributed by atoms with Crippen LogP contribution in [0.2, 0.25) is 0 Å². The van der Waals surface area contributed by atoms with Gasteiger partial charge in [0.15, 0.2) is 0 Å². The van der Waals surface area contributed by atoms with E-state index in [9.17, 15) is 9.59 Å². The van der Waals surface area contributed by atoms with Crippen LogP contribution in [0.5, 0.6) is 0 Å². The van der Waals surface area contributed by atoms with Crippen molar-refractivity contribution in [2.45, 2.75) is 57.9 Å². The molecule has 1 atom stereocenters. The molecule has 5 rings (SSSR count). The molecule has 0 aromatic carbocycles. The summed E-state index contributed by atoms with van der Waals surface area (Å²) in [6.45, 7) is 8.53. The molecular weight excluding hydrogens is 438 g/mol. The molecule has 0 aliphatic carbocycles. The molecule has 1 unspecified atom stereocenters. The second kappa shape index (κ2) is 9.18. The van der Waals surface area contributed by atoms with Gasteiger partial charge in [0.1, 0.15) is 0 Å². The van der Waals surface area contributed by atoms with E-state index in [1.165, 1.54) is 11.3 Å². The molecule has 5 heterocycles. The van der Waals surface area contributed by atoms with Crippen LogP contribution in [0.15, 0.2) is 21.9 Å². The van der Waals surface area contributed by atoms with Gasteiger partial charge in [0.05, 0.1) is 17.5 Å². The normalized spacial score (nSPS) is 23.2. The second-order valence-electron chi connectivity index (χ2n) is 10.1. The maximum atomic E-state index is 13.0. The summed E-state index contributed by atoms with van der Waals surface area (Å²) in [7, 11) is 0. The van der Waals surface area contributed by atoms with Gasteiger partial charge >= 0.3 is 0 Å². The Kier molecular flexibility index (Phi) is 6.26. The van der Waals surface area contributed by atoms with Crippen LogP contribution in [0.4, 0.5) is 0 Å². The van der Waals surface area contributed by atoms with Crippen molar-refractivity contribution in [3.05, 3.63) is 34.2 Å². The van der Waals surface area contributed by atoms with E-state index >= 15 is 0 Å². The molecule has 8 nitrogen and oxygen atoms in total. The first-order valence-corrected chi connectivity index (χ1v) is 13.0. The molecule has 0 saturated carbocycles. The van der Waals surface area contributed by atoms with E-state index in [1.54, 1.807) is 0 Å². The summed E-state index contributed by atoms with van der Waals surface area (Å²) >= 11 is 1.50. The van der Waals surface area contributed by atoms with Gasteiger partial charge < -0.3 is 14.2 Å². The Labute approximate surface area is 198 Å². The summed E-state index contributed by atoms with van der Waals surface area (Å²) in [6.07, 6.45) is 4.94. The predicted molar refractivity (Wildman–Crippen MR) is 125 cm³/mol. The molecular formula is C24H33N5O3S. The lowest BCUT2D eigenvalue weighted by Gasteiger charge is -2.39. The van der Waals surface area contributed by atoms with Crippen molar-refractivity contribution in [3.63, 3.8) is 0 Å². The van der Waals surface area contributed by atoms with Crippen LogP contribution in [-0.2, 0) is 4.79 Å². The number of hydrogen-bond donors (Lipinski definition) is 0. The molecule has 9 heteroatoms. The lowest BCUT2D eigenvalue weighted by atomic mass is 9.76.